The first-order valence-corrected chi connectivity index (χ1v) is 11.6. The number of carboxylic acids is 1. The molecule has 0 aliphatic rings. The number of carboxylic acid groups (broad SMARTS) is 1. The largest absolute Gasteiger partial charge is 0.478 e. The maximum absolute atomic E-state index is 13.3. The van der Waals surface area contributed by atoms with Gasteiger partial charge in [0.25, 0.3) is 5.91 Å². The lowest BCUT2D eigenvalue weighted by molar-refractivity contribution is -0.121. The summed E-state index contributed by atoms with van der Waals surface area (Å²) in [4.78, 5) is 23.8. The Balaban J connectivity index is 1.80. The smallest absolute Gasteiger partial charge is 0.336 e. The number of hydrogen-bond acceptors (Lipinski definition) is 5. The maximum atomic E-state index is 13.3. The Hall–Kier alpha value is -3.89. The van der Waals surface area contributed by atoms with Gasteiger partial charge in [0.15, 0.2) is 0 Å². The number of sulfonamides is 1. The van der Waals surface area contributed by atoms with Crippen LogP contribution in [0.15, 0.2) is 82.8 Å². The van der Waals surface area contributed by atoms with Gasteiger partial charge in [0.1, 0.15) is 5.82 Å². The number of nitrogens with one attached hydrogen (secondary N) is 1. The fourth-order valence-electron chi connectivity index (χ4n) is 3.05. The van der Waals surface area contributed by atoms with Crippen molar-refractivity contribution < 1.29 is 27.5 Å². The molecule has 0 atom stereocenters. The second-order valence-electron chi connectivity index (χ2n) is 7.40. The van der Waals surface area contributed by atoms with Gasteiger partial charge in [0, 0.05) is 12.1 Å². The summed E-state index contributed by atoms with van der Waals surface area (Å²) in [6, 6.07) is 17.6. The predicted octanol–water partition coefficient (Wildman–Crippen LogP) is 3.17. The average molecular weight is 484 g/mol. The number of aromatic carboxylic acids is 1. The van der Waals surface area contributed by atoms with Gasteiger partial charge in [0.05, 0.1) is 23.2 Å². The van der Waals surface area contributed by atoms with Gasteiger partial charge in [-0.3, -0.25) is 4.79 Å². The number of hydrazone groups is 1. The Morgan fingerprint density at radius 2 is 1.68 bits per heavy atom. The zero-order chi connectivity index (χ0) is 24.7. The number of hydrogen-bond donors (Lipinski definition) is 2. The van der Waals surface area contributed by atoms with E-state index in [4.69, 9.17) is 0 Å². The van der Waals surface area contributed by atoms with Crippen LogP contribution in [0.1, 0.15) is 27.0 Å². The number of rotatable bonds is 9. The number of amides is 1. The summed E-state index contributed by atoms with van der Waals surface area (Å²) in [6.45, 7) is 1.08. The highest BCUT2D eigenvalue weighted by molar-refractivity contribution is 7.89. The van der Waals surface area contributed by atoms with Crippen LogP contribution < -0.4 is 5.43 Å². The van der Waals surface area contributed by atoms with Crippen molar-refractivity contribution in [2.24, 2.45) is 5.10 Å². The van der Waals surface area contributed by atoms with Gasteiger partial charge in [-0.25, -0.2) is 23.0 Å². The van der Waals surface area contributed by atoms with Gasteiger partial charge in [-0.15, -0.1) is 0 Å². The molecule has 34 heavy (non-hydrogen) atoms. The van der Waals surface area contributed by atoms with E-state index >= 15 is 0 Å². The molecule has 0 aliphatic heterocycles. The molecule has 3 aromatic rings. The molecule has 0 unspecified atom stereocenters. The maximum Gasteiger partial charge on any atom is 0.336 e. The van der Waals surface area contributed by atoms with Crippen LogP contribution in [0.2, 0.25) is 0 Å². The van der Waals surface area contributed by atoms with Crippen LogP contribution in [0, 0.1) is 12.7 Å². The molecule has 0 aromatic heterocycles. The number of benzene rings is 3. The molecule has 0 bridgehead atoms. The summed E-state index contributed by atoms with van der Waals surface area (Å²) in [6.07, 6.45) is 1.17. The lowest BCUT2D eigenvalue weighted by atomic mass is 10.1. The van der Waals surface area contributed by atoms with E-state index in [1.165, 1.54) is 54.7 Å². The molecule has 0 radical (unpaired) electrons. The van der Waals surface area contributed by atoms with Crippen LogP contribution in [-0.4, -0.2) is 42.5 Å². The molecule has 0 aliphatic carbocycles. The van der Waals surface area contributed by atoms with Crippen LogP contribution >= 0.6 is 0 Å². The molecule has 0 fully saturated rings. The second kappa shape index (κ2) is 10.8. The zero-order valence-corrected chi connectivity index (χ0v) is 19.0. The van der Waals surface area contributed by atoms with Gasteiger partial charge in [0.2, 0.25) is 10.0 Å². The van der Waals surface area contributed by atoms with Crippen molar-refractivity contribution in [1.29, 1.82) is 0 Å². The molecule has 0 saturated carbocycles. The minimum atomic E-state index is -4.07. The van der Waals surface area contributed by atoms with E-state index in [0.717, 1.165) is 9.87 Å². The number of nitrogens with zero attached hydrogens (tertiary/aromatic N) is 2. The van der Waals surface area contributed by atoms with E-state index in [2.05, 4.69) is 10.5 Å². The third-order valence-electron chi connectivity index (χ3n) is 4.83. The fraction of sp³-hybridized carbons (Fsp3) is 0.125. The summed E-state index contributed by atoms with van der Waals surface area (Å²) >= 11 is 0. The lowest BCUT2D eigenvalue weighted by Crippen LogP contribution is -2.39. The molecule has 0 spiro atoms. The van der Waals surface area contributed by atoms with Crippen LogP contribution in [0.3, 0.4) is 0 Å². The van der Waals surface area contributed by atoms with E-state index in [1.54, 1.807) is 24.3 Å². The van der Waals surface area contributed by atoms with Crippen molar-refractivity contribution in [3.05, 3.63) is 101 Å². The lowest BCUT2D eigenvalue weighted by Gasteiger charge is -2.21. The molecule has 10 heteroatoms. The van der Waals surface area contributed by atoms with Crippen molar-refractivity contribution >= 4 is 28.1 Å². The van der Waals surface area contributed by atoms with E-state index in [0.29, 0.717) is 5.56 Å². The summed E-state index contributed by atoms with van der Waals surface area (Å²) in [7, 11) is -4.07. The van der Waals surface area contributed by atoms with Gasteiger partial charge in [-0.1, -0.05) is 48.0 Å². The summed E-state index contributed by atoms with van der Waals surface area (Å²) in [5.41, 5.74) is 3.86. The van der Waals surface area contributed by atoms with Crippen molar-refractivity contribution in [3.8, 4) is 0 Å². The SMILES string of the molecule is Cc1ccc(S(=O)(=O)N(CC(=O)N/N=C\c2ccccc2C(=O)O)Cc2ccc(F)cc2)cc1. The molecular weight excluding hydrogens is 461 g/mol. The second-order valence-corrected chi connectivity index (χ2v) is 9.34. The van der Waals surface area contributed by atoms with Crippen LogP contribution in [0.25, 0.3) is 0 Å². The quantitative estimate of drug-likeness (QED) is 0.358. The molecule has 2 N–H and O–H groups in total. The number of carbonyl (C=O) groups excluding carboxylic acids is 1. The minimum absolute atomic E-state index is 0.000356. The molecule has 8 nitrogen and oxygen atoms in total. The molecule has 0 saturated heterocycles. The van der Waals surface area contributed by atoms with Gasteiger partial charge in [-0.2, -0.15) is 9.41 Å². The first-order valence-electron chi connectivity index (χ1n) is 10.1. The van der Waals surface area contributed by atoms with Crippen LogP contribution in [0.5, 0.6) is 0 Å². The van der Waals surface area contributed by atoms with Crippen molar-refractivity contribution in [2.45, 2.75) is 18.4 Å². The first-order chi connectivity index (χ1) is 16.2. The van der Waals surface area contributed by atoms with Gasteiger partial charge < -0.3 is 5.11 Å². The third kappa shape index (κ3) is 6.33. The van der Waals surface area contributed by atoms with Crippen molar-refractivity contribution in [3.63, 3.8) is 0 Å². The molecule has 3 rings (SSSR count). The van der Waals surface area contributed by atoms with Crippen LogP contribution in [-0.2, 0) is 21.4 Å². The molecule has 176 valence electrons. The Kier molecular flexibility index (Phi) is 7.87. The minimum Gasteiger partial charge on any atom is -0.478 e. The zero-order valence-electron chi connectivity index (χ0n) is 18.2. The Labute approximate surface area is 196 Å². The first kappa shape index (κ1) is 24.7. The van der Waals surface area contributed by atoms with Crippen LogP contribution in [0.4, 0.5) is 4.39 Å². The Morgan fingerprint density at radius 1 is 1.03 bits per heavy atom. The molecular formula is C24H22FN3O5S. The fourth-order valence-corrected chi connectivity index (χ4v) is 4.44. The monoisotopic (exact) mass is 483 g/mol. The van der Waals surface area contributed by atoms with E-state index in [-0.39, 0.29) is 22.6 Å². The Bertz CT molecular complexity index is 1310. The Morgan fingerprint density at radius 3 is 2.32 bits per heavy atom. The van der Waals surface area contributed by atoms with E-state index in [9.17, 15) is 27.5 Å². The average Bonchev–Trinajstić information content (AvgIpc) is 2.80. The van der Waals surface area contributed by atoms with Gasteiger partial charge >= 0.3 is 5.97 Å². The molecule has 3 aromatic carbocycles. The third-order valence-corrected chi connectivity index (χ3v) is 6.64. The topological polar surface area (TPSA) is 116 Å². The normalized spacial score (nSPS) is 11.6. The number of aryl methyl sites for hydroxylation is 1. The number of carbonyl (C=O) groups is 2. The highest BCUT2D eigenvalue weighted by Crippen LogP contribution is 2.19. The molecule has 0 heterocycles. The van der Waals surface area contributed by atoms with E-state index in [1.807, 2.05) is 6.92 Å². The standard InChI is InChI=1S/C24H22FN3O5S/c1-17-6-12-21(13-7-17)34(32,33)28(15-18-8-10-20(25)11-9-18)16-23(29)27-26-14-19-4-2-3-5-22(19)24(30)31/h2-14H,15-16H2,1H3,(H,27,29)(H,30,31)/b26-14-. The van der Waals surface area contributed by atoms with Crippen molar-refractivity contribution in [2.75, 3.05) is 6.54 Å². The summed E-state index contributed by atoms with van der Waals surface area (Å²) in [5.74, 6) is -2.35. The highest BCUT2D eigenvalue weighted by Gasteiger charge is 2.27. The predicted molar refractivity (Wildman–Crippen MR) is 124 cm³/mol. The number of halogens is 1. The van der Waals surface area contributed by atoms with Gasteiger partial charge in [-0.05, 0) is 42.8 Å². The summed E-state index contributed by atoms with van der Waals surface area (Å²) in [5, 5.41) is 13.0. The van der Waals surface area contributed by atoms with Crippen molar-refractivity contribution in [1.82, 2.24) is 9.73 Å². The highest BCUT2D eigenvalue weighted by atomic mass is 32.2. The molecule has 1 amide bonds. The van der Waals surface area contributed by atoms with E-state index < -0.39 is 34.3 Å². The summed E-state index contributed by atoms with van der Waals surface area (Å²) < 4.78 is 40.7.